The number of carboxylic acid groups (broad SMARTS) is 1. The van der Waals surface area contributed by atoms with Gasteiger partial charge in [-0.25, -0.2) is 4.79 Å². The van der Waals surface area contributed by atoms with Crippen molar-refractivity contribution in [3.8, 4) is 16.9 Å². The van der Waals surface area contributed by atoms with Gasteiger partial charge in [0, 0.05) is 0 Å². The van der Waals surface area contributed by atoms with Crippen molar-refractivity contribution in [1.29, 1.82) is 0 Å². The molecule has 0 aromatic heterocycles. The quantitative estimate of drug-likeness (QED) is 0.908. The Labute approximate surface area is 118 Å². The van der Waals surface area contributed by atoms with Crippen LogP contribution in [-0.2, 0) is 5.41 Å². The Morgan fingerprint density at radius 3 is 2.35 bits per heavy atom. The van der Waals surface area contributed by atoms with Crippen molar-refractivity contribution in [1.82, 2.24) is 0 Å². The van der Waals surface area contributed by atoms with Gasteiger partial charge >= 0.3 is 5.97 Å². The van der Waals surface area contributed by atoms with E-state index < -0.39 is 5.97 Å². The maximum absolute atomic E-state index is 11.5. The fourth-order valence-electron chi connectivity index (χ4n) is 2.21. The first-order valence-corrected chi connectivity index (χ1v) is 6.44. The van der Waals surface area contributed by atoms with Crippen molar-refractivity contribution in [2.45, 2.75) is 26.2 Å². The van der Waals surface area contributed by atoms with E-state index in [2.05, 4.69) is 0 Å². The Kier molecular flexibility index (Phi) is 3.53. The van der Waals surface area contributed by atoms with Crippen LogP contribution in [0.15, 0.2) is 42.5 Å². The summed E-state index contributed by atoms with van der Waals surface area (Å²) in [6.07, 6.45) is 0. The SMILES string of the molecule is CC(C)(C)c1cc(C(=O)O)ccc1-c1cccc([O-])c1. The molecule has 0 bridgehead atoms. The van der Waals surface area contributed by atoms with E-state index in [4.69, 9.17) is 5.11 Å². The molecule has 0 spiro atoms. The second-order valence-corrected chi connectivity index (χ2v) is 5.84. The monoisotopic (exact) mass is 269 g/mol. The van der Waals surface area contributed by atoms with Gasteiger partial charge in [0.1, 0.15) is 0 Å². The minimum absolute atomic E-state index is 0.0512. The predicted molar refractivity (Wildman–Crippen MR) is 77.0 cm³/mol. The summed E-state index contributed by atoms with van der Waals surface area (Å²) in [7, 11) is 0. The summed E-state index contributed by atoms with van der Waals surface area (Å²) in [6, 6.07) is 11.7. The lowest BCUT2D eigenvalue weighted by molar-refractivity contribution is -0.268. The molecule has 3 heteroatoms. The first-order valence-electron chi connectivity index (χ1n) is 6.44. The topological polar surface area (TPSA) is 60.4 Å². The Hall–Kier alpha value is -2.29. The van der Waals surface area contributed by atoms with E-state index in [1.54, 1.807) is 30.3 Å². The lowest BCUT2D eigenvalue weighted by Crippen LogP contribution is -2.14. The maximum atomic E-state index is 11.5. The van der Waals surface area contributed by atoms with Crippen molar-refractivity contribution in [2.24, 2.45) is 0 Å². The van der Waals surface area contributed by atoms with E-state index in [9.17, 15) is 9.90 Å². The van der Waals surface area contributed by atoms with Crippen LogP contribution in [0.3, 0.4) is 0 Å². The summed E-state index contributed by atoms with van der Waals surface area (Å²) in [6.45, 7) is 6.08. The highest BCUT2D eigenvalue weighted by Gasteiger charge is 2.20. The van der Waals surface area contributed by atoms with Crippen LogP contribution < -0.4 is 5.11 Å². The molecule has 0 heterocycles. The summed E-state index contributed by atoms with van der Waals surface area (Å²) < 4.78 is 0. The van der Waals surface area contributed by atoms with E-state index in [1.165, 1.54) is 6.07 Å². The maximum Gasteiger partial charge on any atom is 0.335 e. The van der Waals surface area contributed by atoms with Crippen LogP contribution in [0, 0.1) is 0 Å². The van der Waals surface area contributed by atoms with Gasteiger partial charge in [0.05, 0.1) is 5.56 Å². The molecule has 2 aromatic carbocycles. The van der Waals surface area contributed by atoms with Crippen LogP contribution in [0.4, 0.5) is 0 Å². The summed E-state index contributed by atoms with van der Waals surface area (Å²) in [5.41, 5.74) is 2.69. The predicted octanol–water partition coefficient (Wildman–Crippen LogP) is 3.42. The lowest BCUT2D eigenvalue weighted by atomic mass is 9.81. The van der Waals surface area contributed by atoms with Crippen molar-refractivity contribution < 1.29 is 15.0 Å². The number of aromatic carboxylic acids is 1. The van der Waals surface area contributed by atoms with E-state index in [0.29, 0.717) is 0 Å². The van der Waals surface area contributed by atoms with Gasteiger partial charge in [0.25, 0.3) is 0 Å². The highest BCUT2D eigenvalue weighted by atomic mass is 16.4. The molecule has 2 rings (SSSR count). The number of carbonyl (C=O) groups is 1. The first kappa shape index (κ1) is 14.1. The van der Waals surface area contributed by atoms with E-state index >= 15 is 0 Å². The second kappa shape index (κ2) is 5.00. The third-order valence-corrected chi connectivity index (χ3v) is 3.22. The van der Waals surface area contributed by atoms with Gasteiger partial charge in [-0.3, -0.25) is 0 Å². The van der Waals surface area contributed by atoms with Crippen LogP contribution in [0.1, 0.15) is 36.7 Å². The minimum Gasteiger partial charge on any atom is -0.872 e. The van der Waals surface area contributed by atoms with Crippen molar-refractivity contribution in [3.63, 3.8) is 0 Å². The third kappa shape index (κ3) is 2.82. The highest BCUT2D eigenvalue weighted by molar-refractivity contribution is 5.89. The average Bonchev–Trinajstić information content (AvgIpc) is 2.37. The minimum atomic E-state index is -0.945. The van der Waals surface area contributed by atoms with Crippen molar-refractivity contribution in [3.05, 3.63) is 53.6 Å². The highest BCUT2D eigenvalue weighted by Crippen LogP contribution is 2.34. The molecule has 104 valence electrons. The fraction of sp³-hybridized carbons (Fsp3) is 0.235. The Morgan fingerprint density at radius 2 is 1.80 bits per heavy atom. The van der Waals surface area contributed by atoms with Crippen molar-refractivity contribution in [2.75, 3.05) is 0 Å². The van der Waals surface area contributed by atoms with Gasteiger partial charge in [-0.2, -0.15) is 0 Å². The molecule has 2 aromatic rings. The molecule has 0 fully saturated rings. The molecule has 1 N–H and O–H groups in total. The molecule has 0 aliphatic heterocycles. The molecule has 3 nitrogen and oxygen atoms in total. The van der Waals surface area contributed by atoms with E-state index in [-0.39, 0.29) is 16.7 Å². The zero-order valence-corrected chi connectivity index (χ0v) is 11.8. The van der Waals surface area contributed by atoms with Gasteiger partial charge in [0.2, 0.25) is 0 Å². The number of benzene rings is 2. The normalized spacial score (nSPS) is 11.3. The molecule has 0 unspecified atom stereocenters. The van der Waals surface area contributed by atoms with Gasteiger partial charge in [-0.05, 0) is 34.2 Å². The van der Waals surface area contributed by atoms with E-state index in [1.807, 2.05) is 26.8 Å². The van der Waals surface area contributed by atoms with E-state index in [0.717, 1.165) is 16.7 Å². The summed E-state index contributed by atoms with van der Waals surface area (Å²) >= 11 is 0. The Morgan fingerprint density at radius 1 is 1.10 bits per heavy atom. The second-order valence-electron chi connectivity index (χ2n) is 5.84. The Balaban J connectivity index is 2.67. The number of rotatable bonds is 2. The van der Waals surface area contributed by atoms with Gasteiger partial charge < -0.3 is 10.2 Å². The largest absolute Gasteiger partial charge is 0.872 e. The van der Waals surface area contributed by atoms with Crippen LogP contribution in [0.25, 0.3) is 11.1 Å². The van der Waals surface area contributed by atoms with Gasteiger partial charge in [0.15, 0.2) is 0 Å². The zero-order chi connectivity index (χ0) is 14.9. The van der Waals surface area contributed by atoms with Crippen LogP contribution in [0.2, 0.25) is 0 Å². The molecule has 0 saturated heterocycles. The molecule has 20 heavy (non-hydrogen) atoms. The van der Waals surface area contributed by atoms with Gasteiger partial charge in [-0.15, -0.1) is 5.75 Å². The smallest absolute Gasteiger partial charge is 0.335 e. The zero-order valence-electron chi connectivity index (χ0n) is 11.8. The molecule has 0 aliphatic carbocycles. The molecule has 0 atom stereocenters. The molecule has 0 saturated carbocycles. The lowest BCUT2D eigenvalue weighted by Gasteiger charge is -2.24. The van der Waals surface area contributed by atoms with Crippen LogP contribution in [0.5, 0.6) is 5.75 Å². The van der Waals surface area contributed by atoms with Crippen molar-refractivity contribution >= 4 is 5.97 Å². The third-order valence-electron chi connectivity index (χ3n) is 3.22. The summed E-state index contributed by atoms with van der Waals surface area (Å²) in [4.78, 5) is 11.1. The summed E-state index contributed by atoms with van der Waals surface area (Å²) in [5.74, 6) is -0.996. The van der Waals surface area contributed by atoms with Crippen LogP contribution >= 0.6 is 0 Å². The van der Waals surface area contributed by atoms with Crippen LogP contribution in [-0.4, -0.2) is 11.1 Å². The fourth-order valence-corrected chi connectivity index (χ4v) is 2.21. The van der Waals surface area contributed by atoms with Gasteiger partial charge in [-0.1, -0.05) is 51.1 Å². The number of hydrogen-bond acceptors (Lipinski definition) is 2. The molecule has 0 radical (unpaired) electrons. The molecular weight excluding hydrogens is 252 g/mol. The molecular formula is C17H17O3-. The molecule has 0 amide bonds. The molecule has 0 aliphatic rings. The average molecular weight is 269 g/mol. The number of hydrogen-bond donors (Lipinski definition) is 1. The first-order chi connectivity index (χ1) is 9.29. The Bertz CT molecular complexity index is 652. The number of carboxylic acids is 1. The standard InChI is InChI=1S/C17H18O3/c1-17(2,3)15-10-12(16(19)20)7-8-14(15)11-5-4-6-13(18)9-11/h4-10,18H,1-3H3,(H,19,20)/p-1. The summed E-state index contributed by atoms with van der Waals surface area (Å²) in [5, 5.41) is 20.6.